The first-order chi connectivity index (χ1) is 12.1. The fraction of sp³-hybridized carbons (Fsp3) is 0.529. The van der Waals surface area contributed by atoms with Crippen molar-refractivity contribution in [3.05, 3.63) is 33.9 Å². The first kappa shape index (κ1) is 19.5. The van der Waals surface area contributed by atoms with E-state index in [4.69, 9.17) is 4.74 Å². The van der Waals surface area contributed by atoms with E-state index in [0.717, 1.165) is 0 Å². The van der Waals surface area contributed by atoms with E-state index >= 15 is 0 Å². The number of piperazine rings is 1. The van der Waals surface area contributed by atoms with Crippen molar-refractivity contribution >= 4 is 23.4 Å². The van der Waals surface area contributed by atoms with Crippen LogP contribution in [-0.2, 0) is 4.74 Å². The lowest BCUT2D eigenvalue weighted by atomic mass is 9.84. The van der Waals surface area contributed by atoms with Gasteiger partial charge in [-0.05, 0) is 11.5 Å². The third kappa shape index (κ3) is 3.87. The number of methoxy groups -OCH3 is 1. The van der Waals surface area contributed by atoms with Crippen LogP contribution >= 0.6 is 0 Å². The molecular weight excluding hydrogens is 342 g/mol. The summed E-state index contributed by atoms with van der Waals surface area (Å²) >= 11 is 0. The average molecular weight is 365 g/mol. The summed E-state index contributed by atoms with van der Waals surface area (Å²) in [5, 5.41) is 20.5. The van der Waals surface area contributed by atoms with Crippen molar-refractivity contribution in [1.82, 2.24) is 4.90 Å². The fourth-order valence-corrected chi connectivity index (χ4v) is 3.16. The van der Waals surface area contributed by atoms with Crippen LogP contribution in [0.15, 0.2) is 18.2 Å². The topological polar surface area (TPSA) is 113 Å². The molecule has 0 aromatic heterocycles. The van der Waals surface area contributed by atoms with Crippen LogP contribution in [0.5, 0.6) is 0 Å². The number of anilines is 1. The summed E-state index contributed by atoms with van der Waals surface area (Å²) in [5.74, 6) is -0.670. The van der Waals surface area contributed by atoms with Crippen molar-refractivity contribution in [1.29, 1.82) is 0 Å². The van der Waals surface area contributed by atoms with E-state index < -0.39 is 17.0 Å². The molecule has 2 rings (SSSR count). The number of carbonyl (C=O) groups excluding carboxylic acids is 1. The van der Waals surface area contributed by atoms with Gasteiger partial charge in [-0.25, -0.2) is 9.59 Å². The smallest absolute Gasteiger partial charge is 0.407 e. The van der Waals surface area contributed by atoms with Crippen LogP contribution in [0.4, 0.5) is 16.2 Å². The van der Waals surface area contributed by atoms with Gasteiger partial charge < -0.3 is 19.6 Å². The highest BCUT2D eigenvalue weighted by molar-refractivity contribution is 5.96. The van der Waals surface area contributed by atoms with Gasteiger partial charge in [0.1, 0.15) is 0 Å². The van der Waals surface area contributed by atoms with E-state index in [1.807, 2.05) is 25.7 Å². The number of nitrogens with zero attached hydrogens (tertiary/aromatic N) is 3. The normalized spacial score (nSPS) is 17.8. The minimum absolute atomic E-state index is 0.0955. The summed E-state index contributed by atoms with van der Waals surface area (Å²) in [4.78, 5) is 37.4. The van der Waals surface area contributed by atoms with Crippen LogP contribution in [0.1, 0.15) is 31.1 Å². The molecule has 0 aliphatic carbocycles. The zero-order chi connectivity index (χ0) is 19.6. The molecule has 0 bridgehead atoms. The maximum atomic E-state index is 12.1. The number of non-ortho nitro benzene ring substituents is 1. The van der Waals surface area contributed by atoms with Crippen molar-refractivity contribution in [2.45, 2.75) is 26.8 Å². The lowest BCUT2D eigenvalue weighted by Gasteiger charge is -2.46. The SMILES string of the molecule is COC(=O)c1cc([N+](=O)[O-])ccc1N1CCN(C(=O)O)C(C(C)(C)C)C1. The molecule has 1 aromatic carbocycles. The second kappa shape index (κ2) is 7.19. The highest BCUT2D eigenvalue weighted by Crippen LogP contribution is 2.33. The van der Waals surface area contributed by atoms with Gasteiger partial charge in [-0.2, -0.15) is 0 Å². The first-order valence-electron chi connectivity index (χ1n) is 8.17. The Balaban J connectivity index is 2.43. The predicted octanol–water partition coefficient (Wildman–Crippen LogP) is 2.60. The Morgan fingerprint density at radius 1 is 1.31 bits per heavy atom. The summed E-state index contributed by atoms with van der Waals surface area (Å²) in [6.07, 6.45) is -0.985. The number of nitro groups is 1. The maximum absolute atomic E-state index is 12.1. The molecule has 1 N–H and O–H groups in total. The molecular formula is C17H23N3O6. The molecule has 1 saturated heterocycles. The van der Waals surface area contributed by atoms with Gasteiger partial charge in [0.25, 0.3) is 5.69 Å². The third-order valence-electron chi connectivity index (χ3n) is 4.56. The van der Waals surface area contributed by atoms with Crippen molar-refractivity contribution in [2.75, 3.05) is 31.6 Å². The number of nitro benzene ring substituents is 1. The van der Waals surface area contributed by atoms with E-state index in [2.05, 4.69) is 0 Å². The molecule has 1 atom stereocenters. The fourth-order valence-electron chi connectivity index (χ4n) is 3.16. The number of benzene rings is 1. The van der Waals surface area contributed by atoms with E-state index in [1.165, 1.54) is 30.2 Å². The lowest BCUT2D eigenvalue weighted by Crippen LogP contribution is -2.59. The molecule has 0 radical (unpaired) electrons. The summed E-state index contributed by atoms with van der Waals surface area (Å²) < 4.78 is 4.76. The second-order valence-corrected chi connectivity index (χ2v) is 7.25. The molecule has 142 valence electrons. The van der Waals surface area contributed by atoms with Crippen LogP contribution in [0.2, 0.25) is 0 Å². The standard InChI is InChI=1S/C17H23N3O6/c1-17(2,3)14-10-18(7-8-19(14)16(22)23)13-6-5-11(20(24)25)9-12(13)15(21)26-4/h5-6,9,14H,7-8,10H2,1-4H3,(H,22,23). The number of hydrogen-bond acceptors (Lipinski definition) is 6. The molecule has 0 spiro atoms. The first-order valence-corrected chi connectivity index (χ1v) is 8.17. The largest absolute Gasteiger partial charge is 0.465 e. The predicted molar refractivity (Wildman–Crippen MR) is 94.6 cm³/mol. The van der Waals surface area contributed by atoms with Gasteiger partial charge in [-0.15, -0.1) is 0 Å². The minimum atomic E-state index is -0.985. The van der Waals surface area contributed by atoms with Gasteiger partial charge in [-0.3, -0.25) is 10.1 Å². The van der Waals surface area contributed by atoms with Crippen LogP contribution in [0.3, 0.4) is 0 Å². The van der Waals surface area contributed by atoms with Crippen molar-refractivity contribution in [3.63, 3.8) is 0 Å². The summed E-state index contributed by atoms with van der Waals surface area (Å²) in [7, 11) is 1.21. The van der Waals surface area contributed by atoms with E-state index in [0.29, 0.717) is 18.8 Å². The minimum Gasteiger partial charge on any atom is -0.465 e. The number of carboxylic acid groups (broad SMARTS) is 1. The Bertz CT molecular complexity index is 728. The van der Waals surface area contributed by atoms with Crippen LogP contribution in [0.25, 0.3) is 0 Å². The lowest BCUT2D eigenvalue weighted by molar-refractivity contribution is -0.384. The third-order valence-corrected chi connectivity index (χ3v) is 4.56. The Hall–Kier alpha value is -2.84. The van der Waals surface area contributed by atoms with Crippen molar-refractivity contribution in [2.24, 2.45) is 5.41 Å². The van der Waals surface area contributed by atoms with Gasteiger partial charge in [0.05, 0.1) is 29.3 Å². The van der Waals surface area contributed by atoms with Gasteiger partial charge in [-0.1, -0.05) is 20.8 Å². The van der Waals surface area contributed by atoms with E-state index in [1.54, 1.807) is 0 Å². The highest BCUT2D eigenvalue weighted by atomic mass is 16.6. The quantitative estimate of drug-likeness (QED) is 0.497. The molecule has 9 nitrogen and oxygen atoms in total. The zero-order valence-electron chi connectivity index (χ0n) is 15.3. The Morgan fingerprint density at radius 2 is 1.96 bits per heavy atom. The Morgan fingerprint density at radius 3 is 2.46 bits per heavy atom. The molecule has 1 heterocycles. The zero-order valence-corrected chi connectivity index (χ0v) is 15.3. The van der Waals surface area contributed by atoms with Gasteiger partial charge in [0.15, 0.2) is 0 Å². The summed E-state index contributed by atoms with van der Waals surface area (Å²) in [5.41, 5.74) is 0.0778. The number of rotatable bonds is 3. The Labute approximate surface area is 151 Å². The monoisotopic (exact) mass is 365 g/mol. The van der Waals surface area contributed by atoms with Crippen LogP contribution in [0, 0.1) is 15.5 Å². The molecule has 1 aromatic rings. The van der Waals surface area contributed by atoms with Gasteiger partial charge >= 0.3 is 12.1 Å². The number of esters is 1. The van der Waals surface area contributed by atoms with Crippen molar-refractivity contribution < 1.29 is 24.4 Å². The van der Waals surface area contributed by atoms with Crippen LogP contribution in [-0.4, -0.2) is 59.8 Å². The van der Waals surface area contributed by atoms with Gasteiger partial charge in [0, 0.05) is 31.8 Å². The number of hydrogen-bond donors (Lipinski definition) is 1. The van der Waals surface area contributed by atoms with Crippen molar-refractivity contribution in [3.8, 4) is 0 Å². The Kier molecular flexibility index (Phi) is 5.38. The molecule has 9 heteroatoms. The second-order valence-electron chi connectivity index (χ2n) is 7.25. The average Bonchev–Trinajstić information content (AvgIpc) is 2.59. The molecule has 26 heavy (non-hydrogen) atoms. The summed E-state index contributed by atoms with van der Waals surface area (Å²) in [6.45, 7) is 6.88. The molecule has 1 aliphatic heterocycles. The van der Waals surface area contributed by atoms with Crippen LogP contribution < -0.4 is 4.90 Å². The number of carbonyl (C=O) groups is 2. The number of ether oxygens (including phenoxy) is 1. The summed E-state index contributed by atoms with van der Waals surface area (Å²) in [6, 6.07) is 3.74. The van der Waals surface area contributed by atoms with E-state index in [9.17, 15) is 24.8 Å². The molecule has 1 amide bonds. The maximum Gasteiger partial charge on any atom is 0.407 e. The number of amides is 1. The van der Waals surface area contributed by atoms with Gasteiger partial charge in [0.2, 0.25) is 0 Å². The molecule has 1 aliphatic rings. The molecule has 1 fully saturated rings. The highest BCUT2D eigenvalue weighted by Gasteiger charge is 2.39. The molecule has 0 saturated carbocycles. The molecule has 1 unspecified atom stereocenters. The van der Waals surface area contributed by atoms with E-state index in [-0.39, 0.29) is 29.3 Å².